The minimum absolute atomic E-state index is 0.0327. The van der Waals surface area contributed by atoms with Gasteiger partial charge in [0.2, 0.25) is 0 Å². The molecule has 14 heteroatoms. The summed E-state index contributed by atoms with van der Waals surface area (Å²) in [5, 5.41) is 7.98. The Morgan fingerprint density at radius 2 is 1.90 bits per heavy atom. The second-order valence-electron chi connectivity index (χ2n) is 10.2. The van der Waals surface area contributed by atoms with Crippen LogP contribution in [0.1, 0.15) is 36.2 Å². The molecule has 6 rings (SSSR count). The summed E-state index contributed by atoms with van der Waals surface area (Å²) in [6.07, 6.45) is 7.23. The van der Waals surface area contributed by atoms with Crippen LogP contribution >= 0.6 is 0 Å². The first kappa shape index (κ1) is 27.1. The van der Waals surface area contributed by atoms with Crippen molar-refractivity contribution in [1.82, 2.24) is 19.1 Å². The molecule has 1 amide bonds. The third kappa shape index (κ3) is 5.21. The first-order valence-electron chi connectivity index (χ1n) is 13.0. The molecule has 1 unspecified atom stereocenters. The van der Waals surface area contributed by atoms with Gasteiger partial charge < -0.3 is 19.4 Å². The van der Waals surface area contributed by atoms with Gasteiger partial charge in [-0.1, -0.05) is 6.07 Å². The Kier molecular flexibility index (Phi) is 6.83. The molecular weight excluding hydrogens is 556 g/mol. The lowest BCUT2D eigenvalue weighted by molar-refractivity contribution is 0.102. The van der Waals surface area contributed by atoms with Crippen molar-refractivity contribution in [3.8, 4) is 17.0 Å². The number of ether oxygens (including phenoxy) is 1. The first-order chi connectivity index (χ1) is 19.6. The zero-order valence-corrected chi connectivity index (χ0v) is 22.7. The van der Waals surface area contributed by atoms with Crippen molar-refractivity contribution in [3.05, 3.63) is 72.3 Å². The average molecular weight is 584 g/mol. The van der Waals surface area contributed by atoms with Gasteiger partial charge >= 0.3 is 0 Å². The number of aromatic nitrogens is 3. The molecule has 2 bridgehead atoms. The standard InChI is InChI=1S/C27H27F2N7O4S/c1-40-23-4-2-3-19(29)24(23)25-26-31-9-10-35(26)14-21(32-25)27(37)33-20-11-15(28)5-8-22(20)36-17-6-7-18(36)13-16(12-17)34-41(30,38)39/h2-5,8-11,14,16-18,34H,6-7,12-13H2,1H3,(H,33,37)(H2,30,38,39)/t16?,17-,18+. The molecule has 2 fully saturated rings. The normalized spacial score (nSPS) is 20.4. The molecule has 11 nitrogen and oxygen atoms in total. The van der Waals surface area contributed by atoms with E-state index in [1.165, 1.54) is 43.8 Å². The lowest BCUT2D eigenvalue weighted by Crippen LogP contribution is -2.51. The topological polar surface area (TPSA) is 144 Å². The number of benzene rings is 2. The SMILES string of the molecule is COc1cccc(F)c1-c1nc(C(=O)Nc2cc(F)ccc2N2[C@@H]3CC[C@H]2CC(NS(N)(=O)=O)C3)cn2ccnc12. The summed E-state index contributed by atoms with van der Waals surface area (Å²) < 4.78 is 62.0. The van der Waals surface area contributed by atoms with Crippen molar-refractivity contribution in [2.75, 3.05) is 17.3 Å². The monoisotopic (exact) mass is 583 g/mol. The fraction of sp³-hybridized carbons (Fsp3) is 0.296. The van der Waals surface area contributed by atoms with E-state index < -0.39 is 27.8 Å². The Labute approximate surface area is 234 Å². The van der Waals surface area contributed by atoms with Crippen molar-refractivity contribution in [1.29, 1.82) is 0 Å². The van der Waals surface area contributed by atoms with Gasteiger partial charge in [0.05, 0.1) is 24.0 Å². The number of hydrogen-bond acceptors (Lipinski definition) is 7. The largest absolute Gasteiger partial charge is 0.496 e. The second-order valence-corrected chi connectivity index (χ2v) is 11.5. The Hall–Kier alpha value is -4.14. The lowest BCUT2D eigenvalue weighted by Gasteiger charge is -2.41. The Bertz CT molecular complexity index is 1750. The van der Waals surface area contributed by atoms with E-state index in [-0.39, 0.29) is 46.5 Å². The van der Waals surface area contributed by atoms with E-state index in [4.69, 9.17) is 9.88 Å². The molecule has 2 saturated heterocycles. The molecule has 4 heterocycles. The van der Waals surface area contributed by atoms with Gasteiger partial charge in [0.25, 0.3) is 16.1 Å². The van der Waals surface area contributed by atoms with Crippen molar-refractivity contribution in [3.63, 3.8) is 0 Å². The maximum Gasteiger partial charge on any atom is 0.275 e. The molecule has 2 aromatic carbocycles. The van der Waals surface area contributed by atoms with Crippen LogP contribution in [0, 0.1) is 11.6 Å². The molecule has 2 aliphatic rings. The van der Waals surface area contributed by atoms with Crippen LogP contribution in [0.2, 0.25) is 0 Å². The number of methoxy groups -OCH3 is 1. The number of nitrogens with one attached hydrogen (secondary N) is 2. The quantitative estimate of drug-likeness (QED) is 0.303. The number of rotatable bonds is 7. The van der Waals surface area contributed by atoms with Gasteiger partial charge in [-0.25, -0.2) is 23.9 Å². The molecule has 0 aliphatic carbocycles. The summed E-state index contributed by atoms with van der Waals surface area (Å²) >= 11 is 0. The van der Waals surface area contributed by atoms with Crippen LogP contribution in [0.4, 0.5) is 20.2 Å². The fourth-order valence-corrected chi connectivity index (χ4v) is 6.69. The minimum Gasteiger partial charge on any atom is -0.496 e. The Balaban J connectivity index is 1.34. The van der Waals surface area contributed by atoms with Crippen LogP contribution < -0.4 is 24.8 Å². The molecular formula is C27H27F2N7O4S. The number of carbonyl (C=O) groups is 1. The van der Waals surface area contributed by atoms with Crippen molar-refractivity contribution in [2.24, 2.45) is 5.14 Å². The van der Waals surface area contributed by atoms with E-state index in [0.717, 1.165) is 12.8 Å². The highest BCUT2D eigenvalue weighted by Gasteiger charge is 2.42. The van der Waals surface area contributed by atoms with Gasteiger partial charge in [-0.3, -0.25) is 4.79 Å². The summed E-state index contributed by atoms with van der Waals surface area (Å²) in [5.74, 6) is -1.55. The van der Waals surface area contributed by atoms with Crippen LogP contribution in [-0.4, -0.2) is 53.9 Å². The van der Waals surface area contributed by atoms with E-state index in [1.807, 2.05) is 0 Å². The van der Waals surface area contributed by atoms with Crippen LogP contribution in [0.3, 0.4) is 0 Å². The number of nitrogens with two attached hydrogens (primary N) is 1. The van der Waals surface area contributed by atoms with Gasteiger partial charge in [-0.15, -0.1) is 0 Å². The van der Waals surface area contributed by atoms with Crippen LogP contribution in [0.5, 0.6) is 5.75 Å². The Morgan fingerprint density at radius 3 is 2.61 bits per heavy atom. The third-order valence-corrected chi connectivity index (χ3v) is 8.25. The summed E-state index contributed by atoms with van der Waals surface area (Å²) in [6, 6.07) is 8.13. The van der Waals surface area contributed by atoms with E-state index in [2.05, 4.69) is 24.9 Å². The van der Waals surface area contributed by atoms with E-state index >= 15 is 0 Å². The zero-order chi connectivity index (χ0) is 28.9. The summed E-state index contributed by atoms with van der Waals surface area (Å²) in [7, 11) is -2.44. The van der Waals surface area contributed by atoms with Gasteiger partial charge in [0, 0.05) is 36.7 Å². The van der Waals surface area contributed by atoms with Crippen molar-refractivity contribution in [2.45, 2.75) is 43.8 Å². The number of hydrogen-bond donors (Lipinski definition) is 3. The molecule has 214 valence electrons. The molecule has 2 aliphatic heterocycles. The van der Waals surface area contributed by atoms with Gasteiger partial charge in [-0.05, 0) is 56.0 Å². The molecule has 0 spiro atoms. The van der Waals surface area contributed by atoms with Crippen molar-refractivity contribution < 1.29 is 26.7 Å². The predicted molar refractivity (Wildman–Crippen MR) is 148 cm³/mol. The number of halogens is 2. The summed E-state index contributed by atoms with van der Waals surface area (Å²) in [6.45, 7) is 0. The smallest absolute Gasteiger partial charge is 0.275 e. The maximum atomic E-state index is 15.0. The van der Waals surface area contributed by atoms with Gasteiger partial charge in [0.1, 0.15) is 28.8 Å². The number of fused-ring (bicyclic) bond motifs is 3. The molecule has 4 N–H and O–H groups in total. The molecule has 4 aromatic rings. The number of amides is 1. The summed E-state index contributed by atoms with van der Waals surface area (Å²) in [5.41, 5.74) is 1.29. The first-order valence-corrected chi connectivity index (χ1v) is 14.5. The number of imidazole rings is 1. The molecule has 0 radical (unpaired) electrons. The summed E-state index contributed by atoms with van der Waals surface area (Å²) in [4.78, 5) is 24.4. The maximum absolute atomic E-state index is 15.0. The molecule has 2 aromatic heterocycles. The number of anilines is 2. The number of carbonyl (C=O) groups excluding carboxylic acids is 1. The van der Waals surface area contributed by atoms with Crippen LogP contribution in [0.25, 0.3) is 16.9 Å². The highest BCUT2D eigenvalue weighted by atomic mass is 32.2. The Morgan fingerprint density at radius 1 is 1.15 bits per heavy atom. The molecule has 0 saturated carbocycles. The molecule has 3 atom stereocenters. The van der Waals surface area contributed by atoms with Gasteiger partial charge in [-0.2, -0.15) is 13.1 Å². The van der Waals surface area contributed by atoms with E-state index in [1.54, 1.807) is 22.7 Å². The second kappa shape index (κ2) is 10.4. The third-order valence-electron chi connectivity index (χ3n) is 7.59. The predicted octanol–water partition coefficient (Wildman–Crippen LogP) is 3.23. The highest BCUT2D eigenvalue weighted by molar-refractivity contribution is 7.87. The lowest BCUT2D eigenvalue weighted by atomic mass is 9.97. The van der Waals surface area contributed by atoms with Crippen LogP contribution in [0.15, 0.2) is 55.0 Å². The molecule has 41 heavy (non-hydrogen) atoms. The van der Waals surface area contributed by atoms with E-state index in [9.17, 15) is 22.0 Å². The minimum atomic E-state index is -3.85. The van der Waals surface area contributed by atoms with Crippen molar-refractivity contribution >= 4 is 33.1 Å². The fourth-order valence-electron chi connectivity index (χ4n) is 6.03. The van der Waals surface area contributed by atoms with Gasteiger partial charge in [0.15, 0.2) is 5.65 Å². The zero-order valence-electron chi connectivity index (χ0n) is 21.9. The number of piperidine rings is 1. The van der Waals surface area contributed by atoms with E-state index in [0.29, 0.717) is 24.2 Å². The average Bonchev–Trinajstić information content (AvgIpc) is 3.49. The highest BCUT2D eigenvalue weighted by Crippen LogP contribution is 2.43. The number of nitrogens with zero attached hydrogens (tertiary/aromatic N) is 4. The van der Waals surface area contributed by atoms with Crippen LogP contribution in [-0.2, 0) is 10.2 Å².